The van der Waals surface area contributed by atoms with Gasteiger partial charge in [0.2, 0.25) is 0 Å². The summed E-state index contributed by atoms with van der Waals surface area (Å²) in [4.78, 5) is 11.1. The second-order valence-corrected chi connectivity index (χ2v) is 18.4. The van der Waals surface area contributed by atoms with E-state index in [9.17, 15) is 0 Å². The highest BCUT2D eigenvalue weighted by Gasteiger charge is 2.47. The minimum absolute atomic E-state index is 0.113. The van der Waals surface area contributed by atoms with Gasteiger partial charge in [-0.05, 0) is 107 Å². The molecule has 0 unspecified atom stereocenters. The van der Waals surface area contributed by atoms with E-state index in [1.54, 1.807) is 0 Å². The van der Waals surface area contributed by atoms with Crippen LogP contribution in [0.3, 0.4) is 0 Å². The third-order valence-electron chi connectivity index (χ3n) is 14.6. The van der Waals surface area contributed by atoms with Gasteiger partial charge in [0.25, 0.3) is 0 Å². The third kappa shape index (κ3) is 5.55. The van der Waals surface area contributed by atoms with Gasteiger partial charge in [-0.15, -0.1) is 0 Å². The number of aromatic nitrogens is 2. The van der Waals surface area contributed by atoms with E-state index >= 15 is 0 Å². The number of hydrogen-bond acceptors (Lipinski definition) is 2. The lowest BCUT2D eigenvalue weighted by atomic mass is 9.66. The van der Waals surface area contributed by atoms with E-state index in [4.69, 9.17) is 9.97 Å². The average Bonchev–Trinajstić information content (AvgIpc) is 3.82. The van der Waals surface area contributed by atoms with Gasteiger partial charge in [0.15, 0.2) is 5.82 Å². The highest BCUT2D eigenvalue weighted by molar-refractivity contribution is 6.06. The van der Waals surface area contributed by atoms with E-state index in [1.807, 2.05) is 0 Å². The highest BCUT2D eigenvalue weighted by Crippen LogP contribution is 2.59. The molecule has 0 spiro atoms. The van der Waals surface area contributed by atoms with Crippen LogP contribution in [0.2, 0.25) is 0 Å². The first-order valence-electron chi connectivity index (χ1n) is 23.0. The summed E-state index contributed by atoms with van der Waals surface area (Å²) in [6.45, 7) is 4.75. The Bertz CT molecular complexity index is 3680. The van der Waals surface area contributed by atoms with Crippen molar-refractivity contribution in [1.82, 2.24) is 9.97 Å². The molecule has 310 valence electrons. The van der Waals surface area contributed by atoms with Gasteiger partial charge < -0.3 is 0 Å². The molecule has 1 heterocycles. The summed E-state index contributed by atoms with van der Waals surface area (Å²) < 4.78 is 0. The van der Waals surface area contributed by atoms with E-state index < -0.39 is 5.41 Å². The predicted octanol–water partition coefficient (Wildman–Crippen LogP) is 16.1. The lowest BCUT2D eigenvalue weighted by Crippen LogP contribution is -2.29. The van der Waals surface area contributed by atoms with Crippen LogP contribution in [-0.4, -0.2) is 9.97 Å². The van der Waals surface area contributed by atoms with Crippen LogP contribution in [0.25, 0.3) is 88.8 Å². The van der Waals surface area contributed by atoms with Crippen molar-refractivity contribution >= 4 is 21.5 Å². The number of fused-ring (bicyclic) bond motifs is 9. The zero-order valence-corrected chi connectivity index (χ0v) is 36.8. The third-order valence-corrected chi connectivity index (χ3v) is 14.6. The molecule has 0 radical (unpaired) electrons. The van der Waals surface area contributed by atoms with Crippen LogP contribution in [0.4, 0.5) is 0 Å². The maximum atomic E-state index is 5.65. The van der Waals surface area contributed by atoms with Crippen molar-refractivity contribution in [2.45, 2.75) is 24.7 Å². The fourth-order valence-corrected chi connectivity index (χ4v) is 11.7. The van der Waals surface area contributed by atoms with Crippen molar-refractivity contribution in [2.24, 2.45) is 0 Å². The second-order valence-electron chi connectivity index (χ2n) is 18.4. The van der Waals surface area contributed by atoms with Gasteiger partial charge in [0.1, 0.15) is 0 Å². The topological polar surface area (TPSA) is 25.8 Å². The second kappa shape index (κ2) is 14.7. The Labute approximate surface area is 385 Å². The standard InChI is InChI=1S/C64H44N2/c1-63(2)56-38-34-43(39-55(56)52-35-33-41-19-12-13-26-47(41)60(52)63)46-36-37-53(49-28-15-14-27-48(46)49)62-65-58(42-20-6-3-7-21-42)40-59(66-62)54-31-18-30-51-50-29-16-17-32-57(50)64(61(51)54,44-22-8-4-9-23-44)45-24-10-5-11-25-45/h3-40H,1-2H3. The monoisotopic (exact) mass is 840 g/mol. The Kier molecular flexibility index (Phi) is 8.51. The van der Waals surface area contributed by atoms with Crippen LogP contribution < -0.4 is 0 Å². The van der Waals surface area contributed by atoms with Gasteiger partial charge in [-0.1, -0.05) is 226 Å². The summed E-state index contributed by atoms with van der Waals surface area (Å²) >= 11 is 0. The zero-order valence-electron chi connectivity index (χ0n) is 36.8. The Morgan fingerprint density at radius 3 is 1.64 bits per heavy atom. The molecule has 0 fully saturated rings. The first kappa shape index (κ1) is 38.3. The largest absolute Gasteiger partial charge is 0.228 e. The molecular formula is C64H44N2. The fraction of sp³-hybridized carbons (Fsp3) is 0.0625. The molecule has 0 N–H and O–H groups in total. The van der Waals surface area contributed by atoms with Crippen LogP contribution >= 0.6 is 0 Å². The smallest absolute Gasteiger partial charge is 0.161 e. The predicted molar refractivity (Wildman–Crippen MR) is 274 cm³/mol. The molecule has 2 heteroatoms. The summed E-state index contributed by atoms with van der Waals surface area (Å²) in [5, 5.41) is 4.91. The summed E-state index contributed by atoms with van der Waals surface area (Å²) in [7, 11) is 0. The van der Waals surface area contributed by atoms with Gasteiger partial charge in [0.05, 0.1) is 16.8 Å². The van der Waals surface area contributed by atoms with Crippen molar-refractivity contribution in [3.05, 3.63) is 264 Å². The Hall–Kier alpha value is -8.20. The van der Waals surface area contributed by atoms with Crippen molar-refractivity contribution in [3.63, 3.8) is 0 Å². The van der Waals surface area contributed by atoms with Gasteiger partial charge in [-0.2, -0.15) is 0 Å². The quantitative estimate of drug-likeness (QED) is 0.167. The number of nitrogens with zero attached hydrogens (tertiary/aromatic N) is 2. The van der Waals surface area contributed by atoms with Crippen LogP contribution in [0.5, 0.6) is 0 Å². The molecule has 2 nitrogen and oxygen atoms in total. The molecule has 0 saturated heterocycles. The van der Waals surface area contributed by atoms with Crippen molar-refractivity contribution in [2.75, 3.05) is 0 Å². The summed E-state index contributed by atoms with van der Waals surface area (Å²) in [5.41, 5.74) is 19.5. The number of hydrogen-bond donors (Lipinski definition) is 0. The lowest BCUT2D eigenvalue weighted by molar-refractivity contribution is 0.666. The molecule has 0 aliphatic heterocycles. The zero-order chi connectivity index (χ0) is 44.0. The minimum Gasteiger partial charge on any atom is -0.228 e. The first-order chi connectivity index (χ1) is 32.5. The first-order valence-corrected chi connectivity index (χ1v) is 23.0. The normalized spacial score (nSPS) is 13.8. The van der Waals surface area contributed by atoms with E-state index in [2.05, 4.69) is 244 Å². The van der Waals surface area contributed by atoms with E-state index in [-0.39, 0.29) is 5.41 Å². The molecule has 10 aromatic carbocycles. The van der Waals surface area contributed by atoms with Crippen LogP contribution in [0.15, 0.2) is 231 Å². The Morgan fingerprint density at radius 2 is 0.879 bits per heavy atom. The van der Waals surface area contributed by atoms with Crippen molar-refractivity contribution in [3.8, 4) is 67.3 Å². The molecule has 0 amide bonds. The van der Waals surface area contributed by atoms with E-state index in [1.165, 1.54) is 82.9 Å². The van der Waals surface area contributed by atoms with E-state index in [0.29, 0.717) is 5.82 Å². The highest BCUT2D eigenvalue weighted by atomic mass is 14.9. The molecule has 2 aliphatic rings. The maximum Gasteiger partial charge on any atom is 0.161 e. The molecule has 1 aromatic heterocycles. The fourth-order valence-electron chi connectivity index (χ4n) is 11.7. The molecule has 13 rings (SSSR count). The molecule has 0 bridgehead atoms. The van der Waals surface area contributed by atoms with Crippen LogP contribution in [0.1, 0.15) is 47.2 Å². The summed E-state index contributed by atoms with van der Waals surface area (Å²) in [6, 6.07) is 84.3. The van der Waals surface area contributed by atoms with Crippen molar-refractivity contribution in [1.29, 1.82) is 0 Å². The molecule has 66 heavy (non-hydrogen) atoms. The molecule has 11 aromatic rings. The molecule has 0 saturated carbocycles. The van der Waals surface area contributed by atoms with Gasteiger partial charge in [0, 0.05) is 22.1 Å². The summed E-state index contributed by atoms with van der Waals surface area (Å²) in [5.74, 6) is 0.698. The maximum absolute atomic E-state index is 5.65. The van der Waals surface area contributed by atoms with Gasteiger partial charge in [-0.3, -0.25) is 0 Å². The number of benzene rings is 10. The number of rotatable bonds is 6. The van der Waals surface area contributed by atoms with E-state index in [0.717, 1.165) is 33.5 Å². The molecule has 0 atom stereocenters. The van der Waals surface area contributed by atoms with Crippen LogP contribution in [0, 0.1) is 0 Å². The summed E-state index contributed by atoms with van der Waals surface area (Å²) in [6.07, 6.45) is 0. The SMILES string of the molecule is CC1(C)c2ccc(-c3ccc(-c4nc(-c5ccccc5)cc(-c5cccc6c5C(c5ccccc5)(c5ccccc5)c5ccccc5-6)n4)c4ccccc34)cc2-c2ccc3ccccc3c21. The van der Waals surface area contributed by atoms with Crippen molar-refractivity contribution < 1.29 is 0 Å². The Morgan fingerprint density at radius 1 is 0.318 bits per heavy atom. The lowest BCUT2D eigenvalue weighted by Gasteiger charge is -2.35. The van der Waals surface area contributed by atoms with Gasteiger partial charge in [-0.25, -0.2) is 9.97 Å². The molecule has 2 aliphatic carbocycles. The molecular weight excluding hydrogens is 797 g/mol. The van der Waals surface area contributed by atoms with Gasteiger partial charge >= 0.3 is 0 Å². The average molecular weight is 841 g/mol. The van der Waals surface area contributed by atoms with Crippen LogP contribution in [-0.2, 0) is 10.8 Å². The Balaban J connectivity index is 1.03. The minimum atomic E-state index is -0.587.